The summed E-state index contributed by atoms with van der Waals surface area (Å²) in [4.78, 5) is 17.3. The van der Waals surface area contributed by atoms with Crippen LogP contribution in [-0.2, 0) is 0 Å². The zero-order valence-corrected chi connectivity index (χ0v) is 23.2. The summed E-state index contributed by atoms with van der Waals surface area (Å²) in [5.74, 6) is -2.32. The molecule has 0 radical (unpaired) electrons. The number of carbonyl (C=O) groups is 1. The Hall–Kier alpha value is -2.62. The van der Waals surface area contributed by atoms with Crippen LogP contribution in [0.25, 0.3) is 0 Å². The number of amides is 1. The molecule has 4 rings (SSSR count). The van der Waals surface area contributed by atoms with Gasteiger partial charge in [0.15, 0.2) is 0 Å². The minimum Gasteiger partial charge on any atom is -0.354 e. The normalized spacial score (nSPS) is 22.6. The average Bonchev–Trinajstić information content (AvgIpc) is 3.29. The first-order valence-electron chi connectivity index (χ1n) is 13.8. The number of aliphatic imine (C=N–C) groups is 1. The van der Waals surface area contributed by atoms with Crippen molar-refractivity contribution in [3.8, 4) is 0 Å². The SMILES string of the molecule is CC[C@@H](C)N/C(=N/C(=O)c1ccc(Cl)c(F)c1)NC1NNC(c2cc(F)cc(F)c2)C12CCCCCCCC2. The molecule has 2 aromatic rings. The summed E-state index contributed by atoms with van der Waals surface area (Å²) in [6, 6.07) is 7.08. The predicted octanol–water partition coefficient (Wildman–Crippen LogP) is 6.53. The molecule has 2 aliphatic rings. The molecule has 1 amide bonds. The molecule has 1 aliphatic carbocycles. The molecule has 10 heteroatoms. The maximum Gasteiger partial charge on any atom is 0.280 e. The molecule has 1 spiro atoms. The summed E-state index contributed by atoms with van der Waals surface area (Å²) in [7, 11) is 0. The number of nitrogens with one attached hydrogen (secondary N) is 4. The van der Waals surface area contributed by atoms with Crippen molar-refractivity contribution in [1.82, 2.24) is 21.5 Å². The van der Waals surface area contributed by atoms with Crippen molar-refractivity contribution >= 4 is 23.5 Å². The van der Waals surface area contributed by atoms with Gasteiger partial charge < -0.3 is 10.6 Å². The van der Waals surface area contributed by atoms with Crippen LogP contribution in [0.15, 0.2) is 41.4 Å². The molecule has 3 atom stereocenters. The Morgan fingerprint density at radius 2 is 1.67 bits per heavy atom. The minimum absolute atomic E-state index is 0.00929. The molecule has 2 fully saturated rings. The smallest absolute Gasteiger partial charge is 0.280 e. The van der Waals surface area contributed by atoms with E-state index in [1.165, 1.54) is 24.3 Å². The molecule has 6 nitrogen and oxygen atoms in total. The van der Waals surface area contributed by atoms with Crippen molar-refractivity contribution in [1.29, 1.82) is 0 Å². The van der Waals surface area contributed by atoms with Gasteiger partial charge in [0.25, 0.3) is 5.91 Å². The first-order chi connectivity index (χ1) is 18.7. The molecule has 1 saturated carbocycles. The van der Waals surface area contributed by atoms with Gasteiger partial charge in [-0.05, 0) is 62.1 Å². The molecule has 1 saturated heterocycles. The second-order valence-electron chi connectivity index (χ2n) is 10.7. The summed E-state index contributed by atoms with van der Waals surface area (Å²) in [6.45, 7) is 3.98. The third-order valence-corrected chi connectivity index (χ3v) is 8.24. The van der Waals surface area contributed by atoms with Crippen LogP contribution < -0.4 is 21.5 Å². The van der Waals surface area contributed by atoms with Gasteiger partial charge in [0.1, 0.15) is 17.5 Å². The van der Waals surface area contributed by atoms with E-state index in [1.54, 1.807) is 0 Å². The molecule has 2 aromatic carbocycles. The molecule has 0 aromatic heterocycles. The molecule has 39 heavy (non-hydrogen) atoms. The van der Waals surface area contributed by atoms with Gasteiger partial charge in [0, 0.05) is 23.1 Å². The number of nitrogens with zero attached hydrogens (tertiary/aromatic N) is 1. The van der Waals surface area contributed by atoms with E-state index < -0.39 is 34.9 Å². The average molecular weight is 564 g/mol. The fraction of sp³-hybridized carbons (Fsp3) is 0.517. The molecule has 1 heterocycles. The van der Waals surface area contributed by atoms with Crippen molar-refractivity contribution in [3.05, 3.63) is 70.0 Å². The van der Waals surface area contributed by atoms with Crippen molar-refractivity contribution in [3.63, 3.8) is 0 Å². The van der Waals surface area contributed by atoms with Crippen LogP contribution >= 0.6 is 11.6 Å². The van der Waals surface area contributed by atoms with E-state index in [-0.39, 0.29) is 28.6 Å². The molecule has 1 aliphatic heterocycles. The van der Waals surface area contributed by atoms with E-state index in [0.717, 1.165) is 69.9 Å². The molecular weight excluding hydrogens is 527 g/mol. The van der Waals surface area contributed by atoms with Gasteiger partial charge in [0.05, 0.1) is 17.2 Å². The van der Waals surface area contributed by atoms with Crippen LogP contribution in [0.1, 0.15) is 93.6 Å². The summed E-state index contributed by atoms with van der Waals surface area (Å²) < 4.78 is 42.6. The first-order valence-corrected chi connectivity index (χ1v) is 14.2. The van der Waals surface area contributed by atoms with Crippen LogP contribution in [0.3, 0.4) is 0 Å². The van der Waals surface area contributed by atoms with Gasteiger partial charge in [-0.15, -0.1) is 0 Å². The molecular formula is C29H37ClF3N5O. The number of rotatable bonds is 5. The number of halogens is 4. The number of hydrogen-bond acceptors (Lipinski definition) is 3. The maximum atomic E-state index is 14.3. The van der Waals surface area contributed by atoms with E-state index in [1.807, 2.05) is 13.8 Å². The fourth-order valence-electron chi connectivity index (χ4n) is 5.65. The highest BCUT2D eigenvalue weighted by molar-refractivity contribution is 6.30. The van der Waals surface area contributed by atoms with E-state index in [4.69, 9.17) is 11.6 Å². The van der Waals surface area contributed by atoms with Gasteiger partial charge in [0.2, 0.25) is 5.96 Å². The summed E-state index contributed by atoms with van der Waals surface area (Å²) in [5, 5.41) is 6.59. The van der Waals surface area contributed by atoms with Crippen molar-refractivity contribution in [2.75, 3.05) is 0 Å². The summed E-state index contributed by atoms with van der Waals surface area (Å²) in [6.07, 6.45) is 8.37. The van der Waals surface area contributed by atoms with Crippen LogP contribution in [0.5, 0.6) is 0 Å². The van der Waals surface area contributed by atoms with Gasteiger partial charge in [-0.2, -0.15) is 4.99 Å². The largest absolute Gasteiger partial charge is 0.354 e. The molecule has 212 valence electrons. The highest BCUT2D eigenvalue weighted by Gasteiger charge is 2.51. The van der Waals surface area contributed by atoms with Crippen molar-refractivity contribution in [2.24, 2.45) is 10.4 Å². The zero-order valence-electron chi connectivity index (χ0n) is 22.4. The molecule has 4 N–H and O–H groups in total. The third-order valence-electron chi connectivity index (χ3n) is 7.93. The van der Waals surface area contributed by atoms with Gasteiger partial charge >= 0.3 is 0 Å². The monoisotopic (exact) mass is 563 g/mol. The lowest BCUT2D eigenvalue weighted by Crippen LogP contribution is -2.56. The lowest BCUT2D eigenvalue weighted by molar-refractivity contribution is 0.100. The Morgan fingerprint density at radius 3 is 2.28 bits per heavy atom. The Morgan fingerprint density at radius 1 is 1.03 bits per heavy atom. The Balaban J connectivity index is 1.70. The summed E-state index contributed by atoms with van der Waals surface area (Å²) in [5.41, 5.74) is 6.75. The number of hydrogen-bond donors (Lipinski definition) is 4. The number of hydrazine groups is 1. The zero-order chi connectivity index (χ0) is 28.0. The topological polar surface area (TPSA) is 77.5 Å². The third kappa shape index (κ3) is 7.13. The van der Waals surface area contributed by atoms with Crippen molar-refractivity contribution < 1.29 is 18.0 Å². The van der Waals surface area contributed by atoms with Crippen LogP contribution in [-0.4, -0.2) is 24.1 Å². The van der Waals surface area contributed by atoms with Gasteiger partial charge in [-0.3, -0.25) is 4.79 Å². The van der Waals surface area contributed by atoms with E-state index in [0.29, 0.717) is 5.56 Å². The number of guanidine groups is 1. The van der Waals surface area contributed by atoms with Crippen molar-refractivity contribution in [2.45, 2.75) is 89.9 Å². The second kappa shape index (κ2) is 13.2. The maximum absolute atomic E-state index is 14.3. The Labute approximate surface area is 233 Å². The quantitative estimate of drug-likeness (QED) is 0.246. The Bertz CT molecular complexity index is 1160. The van der Waals surface area contributed by atoms with E-state index >= 15 is 0 Å². The predicted molar refractivity (Wildman–Crippen MR) is 148 cm³/mol. The van der Waals surface area contributed by atoms with Crippen LogP contribution in [0, 0.1) is 22.9 Å². The minimum atomic E-state index is -0.696. The number of benzene rings is 2. The van der Waals surface area contributed by atoms with Crippen LogP contribution in [0.2, 0.25) is 5.02 Å². The highest BCUT2D eigenvalue weighted by atomic mass is 35.5. The van der Waals surface area contributed by atoms with E-state index in [9.17, 15) is 18.0 Å². The van der Waals surface area contributed by atoms with E-state index in [2.05, 4.69) is 26.5 Å². The molecule has 0 bridgehead atoms. The van der Waals surface area contributed by atoms with Gasteiger partial charge in [-0.1, -0.05) is 57.0 Å². The highest BCUT2D eigenvalue weighted by Crippen LogP contribution is 2.48. The summed E-state index contributed by atoms with van der Waals surface area (Å²) >= 11 is 5.79. The second-order valence-corrected chi connectivity index (χ2v) is 11.1. The standard InChI is InChI=1S/C29H37ClF3N5O/c1-3-18(2)34-28(35-26(39)19-10-11-23(30)24(33)16-19)36-27-29(12-8-6-4-5-7-9-13-29)25(37-38-27)20-14-21(31)17-22(32)15-20/h10-11,14-18,25,27,37-38H,3-9,12-13H2,1-2H3,(H2,34,35,36,39)/t18-,25?,27?/m1/s1. The lowest BCUT2D eigenvalue weighted by atomic mass is 9.69. The molecule has 2 unspecified atom stereocenters. The van der Waals surface area contributed by atoms with Crippen LogP contribution in [0.4, 0.5) is 13.2 Å². The number of carbonyl (C=O) groups excluding carboxylic acids is 1. The van der Waals surface area contributed by atoms with Gasteiger partial charge in [-0.25, -0.2) is 24.0 Å². The first kappa shape index (κ1) is 29.4. The fourth-order valence-corrected chi connectivity index (χ4v) is 5.77. The Kier molecular flexibility index (Phi) is 9.91. The lowest BCUT2D eigenvalue weighted by Gasteiger charge is -2.40.